The van der Waals surface area contributed by atoms with Gasteiger partial charge in [-0.15, -0.1) is 0 Å². The summed E-state index contributed by atoms with van der Waals surface area (Å²) in [7, 11) is 1.67. The van der Waals surface area contributed by atoms with Crippen LogP contribution in [-0.4, -0.2) is 60.3 Å². The molecule has 114 valence electrons. The van der Waals surface area contributed by atoms with Gasteiger partial charge in [0.05, 0.1) is 13.4 Å². The molecule has 1 saturated carbocycles. The number of hydrogen-bond donors (Lipinski definition) is 0. The number of piperazine rings is 1. The van der Waals surface area contributed by atoms with Crippen molar-refractivity contribution in [3.05, 3.63) is 12.3 Å². The molecule has 1 heterocycles. The molecule has 0 atom stereocenters. The maximum absolute atomic E-state index is 12.0. The van der Waals surface area contributed by atoms with Crippen LogP contribution in [0, 0.1) is 0 Å². The van der Waals surface area contributed by atoms with Gasteiger partial charge in [0.1, 0.15) is 5.60 Å². The number of carbonyl (C=O) groups excluding carboxylic acids is 1. The fraction of sp³-hybridized carbons (Fsp3) is 0.800. The highest BCUT2D eigenvalue weighted by Crippen LogP contribution is 2.43. The van der Waals surface area contributed by atoms with Gasteiger partial charge in [0, 0.05) is 31.7 Å². The van der Waals surface area contributed by atoms with Crippen LogP contribution in [0.15, 0.2) is 12.3 Å². The summed E-state index contributed by atoms with van der Waals surface area (Å²) >= 11 is 0. The molecule has 0 aromatic rings. The highest BCUT2D eigenvalue weighted by Gasteiger charge is 2.47. The lowest BCUT2D eigenvalue weighted by atomic mass is 10.2. The zero-order chi connectivity index (χ0) is 14.8. The summed E-state index contributed by atoms with van der Waals surface area (Å²) in [6.07, 6.45) is 6.08. The smallest absolute Gasteiger partial charge is 0.410 e. The third kappa shape index (κ3) is 3.66. The van der Waals surface area contributed by atoms with Crippen LogP contribution in [0.25, 0.3) is 0 Å². The average Bonchev–Trinajstić information content (AvgIpc) is 3.16. The molecule has 0 aromatic heterocycles. The maximum atomic E-state index is 12.0. The monoisotopic (exact) mass is 282 g/mol. The minimum absolute atomic E-state index is 0.177. The lowest BCUT2D eigenvalue weighted by Gasteiger charge is -2.39. The Labute approximate surface area is 121 Å². The number of carbonyl (C=O) groups is 1. The van der Waals surface area contributed by atoms with Crippen LogP contribution in [0.1, 0.15) is 33.6 Å². The molecule has 0 unspecified atom stereocenters. The van der Waals surface area contributed by atoms with Crippen LogP contribution in [0.4, 0.5) is 4.79 Å². The van der Waals surface area contributed by atoms with E-state index < -0.39 is 5.60 Å². The van der Waals surface area contributed by atoms with E-state index in [2.05, 4.69) is 11.0 Å². The lowest BCUT2D eigenvalue weighted by molar-refractivity contribution is 0.0109. The van der Waals surface area contributed by atoms with Crippen molar-refractivity contribution in [3.8, 4) is 0 Å². The molecule has 0 radical (unpaired) electrons. The van der Waals surface area contributed by atoms with Gasteiger partial charge >= 0.3 is 6.09 Å². The largest absolute Gasteiger partial charge is 0.505 e. The molecule has 0 N–H and O–H groups in total. The molecule has 1 saturated heterocycles. The van der Waals surface area contributed by atoms with Gasteiger partial charge in [-0.1, -0.05) is 0 Å². The number of amides is 1. The number of hydrogen-bond acceptors (Lipinski definition) is 4. The molecular weight excluding hydrogens is 256 g/mol. The van der Waals surface area contributed by atoms with Gasteiger partial charge in [-0.25, -0.2) is 4.79 Å². The summed E-state index contributed by atoms with van der Waals surface area (Å²) in [5, 5.41) is 0. The van der Waals surface area contributed by atoms with Gasteiger partial charge in [0.25, 0.3) is 0 Å². The lowest BCUT2D eigenvalue weighted by Crippen LogP contribution is -2.53. The highest BCUT2D eigenvalue weighted by molar-refractivity contribution is 5.68. The van der Waals surface area contributed by atoms with Gasteiger partial charge in [-0.3, -0.25) is 4.90 Å². The second kappa shape index (κ2) is 5.64. The second-order valence-electron chi connectivity index (χ2n) is 6.60. The Morgan fingerprint density at radius 2 is 1.75 bits per heavy atom. The third-order valence-electron chi connectivity index (χ3n) is 3.84. The zero-order valence-corrected chi connectivity index (χ0v) is 13.0. The Bertz CT molecular complexity index is 375. The fourth-order valence-corrected chi connectivity index (χ4v) is 2.57. The minimum Gasteiger partial charge on any atom is -0.505 e. The summed E-state index contributed by atoms with van der Waals surface area (Å²) < 4.78 is 10.4. The minimum atomic E-state index is -0.423. The van der Waals surface area contributed by atoms with Crippen molar-refractivity contribution in [2.45, 2.75) is 44.8 Å². The van der Waals surface area contributed by atoms with Gasteiger partial charge in [-0.2, -0.15) is 0 Å². The Balaban J connectivity index is 1.84. The first-order chi connectivity index (χ1) is 9.36. The molecule has 5 heteroatoms. The van der Waals surface area contributed by atoms with Gasteiger partial charge < -0.3 is 14.4 Å². The first-order valence-electron chi connectivity index (χ1n) is 7.30. The summed E-state index contributed by atoms with van der Waals surface area (Å²) in [6, 6.07) is 0. The van der Waals surface area contributed by atoms with E-state index >= 15 is 0 Å². The Morgan fingerprint density at radius 1 is 1.15 bits per heavy atom. The molecule has 0 bridgehead atoms. The predicted molar refractivity (Wildman–Crippen MR) is 77.5 cm³/mol. The highest BCUT2D eigenvalue weighted by atomic mass is 16.6. The second-order valence-corrected chi connectivity index (χ2v) is 6.60. The van der Waals surface area contributed by atoms with Crippen LogP contribution >= 0.6 is 0 Å². The standard InChI is InChI=1S/C15H26N2O3/c1-14(2,3)20-13(18)16-8-10-17(11-9-16)15(5-6-15)7-12-19-4/h7,12H,5-6,8-11H2,1-4H3/b12-7+. The van der Waals surface area contributed by atoms with Crippen LogP contribution in [0.5, 0.6) is 0 Å². The summed E-state index contributed by atoms with van der Waals surface area (Å²) in [4.78, 5) is 16.3. The topological polar surface area (TPSA) is 42.0 Å². The van der Waals surface area contributed by atoms with Crippen molar-refractivity contribution in [2.24, 2.45) is 0 Å². The van der Waals surface area contributed by atoms with Crippen molar-refractivity contribution in [2.75, 3.05) is 33.3 Å². The van der Waals surface area contributed by atoms with Gasteiger partial charge in [0.2, 0.25) is 0 Å². The molecule has 1 aliphatic heterocycles. The molecule has 20 heavy (non-hydrogen) atoms. The molecular formula is C15H26N2O3. The molecule has 2 fully saturated rings. The first-order valence-corrected chi connectivity index (χ1v) is 7.30. The normalized spacial score (nSPS) is 22.9. The van der Waals surface area contributed by atoms with Crippen molar-refractivity contribution in [3.63, 3.8) is 0 Å². The van der Waals surface area contributed by atoms with Crippen LogP contribution < -0.4 is 0 Å². The van der Waals surface area contributed by atoms with E-state index in [0.717, 1.165) is 26.2 Å². The first kappa shape index (κ1) is 15.2. The SMILES string of the molecule is CO/C=C/C1(N2CCN(C(=O)OC(C)(C)C)CC2)CC1. The Morgan fingerprint density at radius 3 is 2.20 bits per heavy atom. The van der Waals surface area contributed by atoms with E-state index in [9.17, 15) is 4.79 Å². The Kier molecular flexibility index (Phi) is 4.28. The summed E-state index contributed by atoms with van der Waals surface area (Å²) in [5.41, 5.74) is -0.247. The van der Waals surface area contributed by atoms with E-state index in [-0.39, 0.29) is 11.6 Å². The number of nitrogens with zero attached hydrogens (tertiary/aromatic N) is 2. The third-order valence-corrected chi connectivity index (χ3v) is 3.84. The van der Waals surface area contributed by atoms with E-state index in [1.54, 1.807) is 18.3 Å². The molecule has 1 amide bonds. The predicted octanol–water partition coefficient (Wildman–Crippen LogP) is 2.23. The number of rotatable bonds is 3. The van der Waals surface area contributed by atoms with Crippen molar-refractivity contribution in [1.82, 2.24) is 9.80 Å². The number of methoxy groups -OCH3 is 1. The maximum Gasteiger partial charge on any atom is 0.410 e. The van der Waals surface area contributed by atoms with Crippen LogP contribution in [-0.2, 0) is 9.47 Å². The Hall–Kier alpha value is -1.23. The van der Waals surface area contributed by atoms with Crippen LogP contribution in [0.2, 0.25) is 0 Å². The molecule has 0 aromatic carbocycles. The number of ether oxygens (including phenoxy) is 2. The van der Waals surface area contributed by atoms with Crippen molar-refractivity contribution < 1.29 is 14.3 Å². The van der Waals surface area contributed by atoms with Gasteiger partial charge in [0.15, 0.2) is 0 Å². The van der Waals surface area contributed by atoms with E-state index in [0.29, 0.717) is 0 Å². The van der Waals surface area contributed by atoms with Crippen LogP contribution in [0.3, 0.4) is 0 Å². The molecule has 2 rings (SSSR count). The van der Waals surface area contributed by atoms with E-state index in [1.807, 2.05) is 20.8 Å². The molecule has 2 aliphatic rings. The summed E-state index contributed by atoms with van der Waals surface area (Å²) in [6.45, 7) is 8.96. The summed E-state index contributed by atoms with van der Waals surface area (Å²) in [5.74, 6) is 0. The molecule has 5 nitrogen and oxygen atoms in total. The molecule has 0 spiro atoms. The quantitative estimate of drug-likeness (QED) is 0.744. The van der Waals surface area contributed by atoms with Crippen molar-refractivity contribution >= 4 is 6.09 Å². The van der Waals surface area contributed by atoms with E-state index in [4.69, 9.17) is 9.47 Å². The van der Waals surface area contributed by atoms with E-state index in [1.165, 1.54) is 12.8 Å². The fourth-order valence-electron chi connectivity index (χ4n) is 2.57. The average molecular weight is 282 g/mol. The zero-order valence-electron chi connectivity index (χ0n) is 13.0. The van der Waals surface area contributed by atoms with Crippen molar-refractivity contribution in [1.29, 1.82) is 0 Å². The molecule has 1 aliphatic carbocycles. The van der Waals surface area contributed by atoms with Gasteiger partial charge in [-0.05, 0) is 39.7 Å².